The topological polar surface area (TPSA) is 49.9 Å². The monoisotopic (exact) mass is 288 g/mol. The second kappa shape index (κ2) is 5.85. The second-order valence-corrected chi connectivity index (χ2v) is 5.68. The molecule has 2 aliphatic heterocycles. The minimum atomic E-state index is -0.225. The van der Waals surface area contributed by atoms with E-state index in [1.807, 2.05) is 36.1 Å². The quantitative estimate of drug-likeness (QED) is 0.822. The Kier molecular flexibility index (Phi) is 3.92. The Morgan fingerprint density at radius 1 is 1.19 bits per heavy atom. The zero-order valence-electron chi connectivity index (χ0n) is 12.2. The number of nitrogens with zero attached hydrogens (tertiary/aromatic N) is 2. The zero-order valence-corrected chi connectivity index (χ0v) is 12.2. The van der Waals surface area contributed by atoms with Crippen molar-refractivity contribution in [3.63, 3.8) is 0 Å². The van der Waals surface area contributed by atoms with Crippen LogP contribution >= 0.6 is 0 Å². The third-order valence-electron chi connectivity index (χ3n) is 4.14. The summed E-state index contributed by atoms with van der Waals surface area (Å²) in [4.78, 5) is 28.2. The molecule has 2 amide bonds. The summed E-state index contributed by atoms with van der Waals surface area (Å²) < 4.78 is 5.26. The van der Waals surface area contributed by atoms with Crippen molar-refractivity contribution in [2.24, 2.45) is 5.92 Å². The molecule has 5 heteroatoms. The van der Waals surface area contributed by atoms with E-state index in [4.69, 9.17) is 4.74 Å². The van der Waals surface area contributed by atoms with Gasteiger partial charge in [0.2, 0.25) is 11.8 Å². The number of ether oxygens (including phenoxy) is 1. The van der Waals surface area contributed by atoms with Crippen LogP contribution in [0.1, 0.15) is 12.0 Å². The van der Waals surface area contributed by atoms with Crippen LogP contribution < -0.4 is 4.90 Å². The van der Waals surface area contributed by atoms with E-state index in [1.165, 1.54) is 0 Å². The Labute approximate surface area is 124 Å². The molecule has 2 aliphatic rings. The molecule has 1 aromatic carbocycles. The molecule has 2 saturated heterocycles. The fourth-order valence-electron chi connectivity index (χ4n) is 2.89. The standard InChI is InChI=1S/C16H20N2O3/c1-12-2-4-14(5-3-12)18-11-13(10-15(18)19)16(20)17-6-8-21-9-7-17/h2-5,13H,6-11H2,1H3/t13-/m0/s1. The van der Waals surface area contributed by atoms with Crippen LogP contribution in [0.25, 0.3) is 0 Å². The number of hydrogen-bond acceptors (Lipinski definition) is 3. The second-order valence-electron chi connectivity index (χ2n) is 5.68. The van der Waals surface area contributed by atoms with Crippen LogP contribution in [0.3, 0.4) is 0 Å². The molecule has 21 heavy (non-hydrogen) atoms. The van der Waals surface area contributed by atoms with E-state index < -0.39 is 0 Å². The highest BCUT2D eigenvalue weighted by Crippen LogP contribution is 2.26. The van der Waals surface area contributed by atoms with Gasteiger partial charge >= 0.3 is 0 Å². The molecule has 0 N–H and O–H groups in total. The highest BCUT2D eigenvalue weighted by molar-refractivity contribution is 6.00. The third kappa shape index (κ3) is 2.93. The molecular formula is C16H20N2O3. The lowest BCUT2D eigenvalue weighted by molar-refractivity contribution is -0.139. The van der Waals surface area contributed by atoms with E-state index in [-0.39, 0.29) is 17.7 Å². The van der Waals surface area contributed by atoms with Gasteiger partial charge in [-0.05, 0) is 19.1 Å². The van der Waals surface area contributed by atoms with Gasteiger partial charge in [-0.25, -0.2) is 0 Å². The SMILES string of the molecule is Cc1ccc(N2C[C@@H](C(=O)N3CCOCC3)CC2=O)cc1. The molecule has 0 spiro atoms. The van der Waals surface area contributed by atoms with E-state index in [2.05, 4.69) is 0 Å². The summed E-state index contributed by atoms with van der Waals surface area (Å²) in [5, 5.41) is 0. The van der Waals surface area contributed by atoms with E-state index in [0.717, 1.165) is 11.3 Å². The van der Waals surface area contributed by atoms with Gasteiger partial charge in [0.15, 0.2) is 0 Å². The lowest BCUT2D eigenvalue weighted by atomic mass is 10.1. The summed E-state index contributed by atoms with van der Waals surface area (Å²) in [6.45, 7) is 4.95. The number of carbonyl (C=O) groups is 2. The van der Waals surface area contributed by atoms with Crippen LogP contribution in [-0.2, 0) is 14.3 Å². The number of anilines is 1. The third-order valence-corrected chi connectivity index (χ3v) is 4.14. The summed E-state index contributed by atoms with van der Waals surface area (Å²) in [6.07, 6.45) is 0.310. The highest BCUT2D eigenvalue weighted by atomic mass is 16.5. The average Bonchev–Trinajstić information content (AvgIpc) is 2.90. The molecule has 0 saturated carbocycles. The van der Waals surface area contributed by atoms with Gasteiger partial charge in [0.1, 0.15) is 0 Å². The van der Waals surface area contributed by atoms with E-state index in [1.54, 1.807) is 4.90 Å². The highest BCUT2D eigenvalue weighted by Gasteiger charge is 2.37. The molecule has 2 heterocycles. The van der Waals surface area contributed by atoms with Gasteiger partial charge in [-0.2, -0.15) is 0 Å². The van der Waals surface area contributed by atoms with E-state index in [9.17, 15) is 9.59 Å². The van der Waals surface area contributed by atoms with Crippen molar-refractivity contribution in [3.8, 4) is 0 Å². The van der Waals surface area contributed by atoms with Crippen molar-refractivity contribution in [3.05, 3.63) is 29.8 Å². The van der Waals surface area contributed by atoms with Gasteiger partial charge < -0.3 is 14.5 Å². The minimum Gasteiger partial charge on any atom is -0.378 e. The number of carbonyl (C=O) groups excluding carboxylic acids is 2. The number of aryl methyl sites for hydroxylation is 1. The fourth-order valence-corrected chi connectivity index (χ4v) is 2.89. The van der Waals surface area contributed by atoms with Gasteiger partial charge in [0.05, 0.1) is 19.1 Å². The van der Waals surface area contributed by atoms with Crippen molar-refractivity contribution in [1.82, 2.24) is 4.90 Å². The normalized spacial score (nSPS) is 22.7. The molecule has 0 aromatic heterocycles. The number of morpholine rings is 1. The predicted octanol–water partition coefficient (Wildman–Crippen LogP) is 1.21. The van der Waals surface area contributed by atoms with Crippen LogP contribution in [0.2, 0.25) is 0 Å². The maximum absolute atomic E-state index is 12.5. The molecule has 1 aromatic rings. The van der Waals surface area contributed by atoms with Gasteiger partial charge in [-0.1, -0.05) is 17.7 Å². The number of hydrogen-bond donors (Lipinski definition) is 0. The van der Waals surface area contributed by atoms with Gasteiger partial charge in [0, 0.05) is 31.7 Å². The van der Waals surface area contributed by atoms with Gasteiger partial charge in [0.25, 0.3) is 0 Å². The van der Waals surface area contributed by atoms with Crippen molar-refractivity contribution >= 4 is 17.5 Å². The van der Waals surface area contributed by atoms with Crippen molar-refractivity contribution in [2.45, 2.75) is 13.3 Å². The number of benzene rings is 1. The summed E-state index contributed by atoms with van der Waals surface area (Å²) in [5.41, 5.74) is 2.04. The summed E-state index contributed by atoms with van der Waals surface area (Å²) in [6, 6.07) is 7.85. The largest absolute Gasteiger partial charge is 0.378 e. The van der Waals surface area contributed by atoms with Crippen LogP contribution in [-0.4, -0.2) is 49.6 Å². The molecule has 0 bridgehead atoms. The summed E-state index contributed by atoms with van der Waals surface area (Å²) in [7, 11) is 0. The molecule has 0 radical (unpaired) electrons. The molecule has 1 atom stereocenters. The first-order valence-corrected chi connectivity index (χ1v) is 7.39. The fraction of sp³-hybridized carbons (Fsp3) is 0.500. The van der Waals surface area contributed by atoms with Gasteiger partial charge in [-0.3, -0.25) is 9.59 Å². The molecule has 112 valence electrons. The maximum Gasteiger partial charge on any atom is 0.228 e. The molecular weight excluding hydrogens is 268 g/mol. The lowest BCUT2D eigenvalue weighted by Gasteiger charge is -2.29. The van der Waals surface area contributed by atoms with Crippen molar-refractivity contribution in [1.29, 1.82) is 0 Å². The Hall–Kier alpha value is -1.88. The van der Waals surface area contributed by atoms with Crippen LogP contribution in [0.4, 0.5) is 5.69 Å². The molecule has 5 nitrogen and oxygen atoms in total. The molecule has 0 unspecified atom stereocenters. The minimum absolute atomic E-state index is 0.0328. The van der Waals surface area contributed by atoms with Crippen LogP contribution in [0.15, 0.2) is 24.3 Å². The summed E-state index contributed by atoms with van der Waals surface area (Å²) in [5.74, 6) is -0.108. The molecule has 0 aliphatic carbocycles. The molecule has 3 rings (SSSR count). The van der Waals surface area contributed by atoms with Crippen LogP contribution in [0.5, 0.6) is 0 Å². The maximum atomic E-state index is 12.5. The Bertz CT molecular complexity index is 535. The van der Waals surface area contributed by atoms with E-state index in [0.29, 0.717) is 39.3 Å². The first-order valence-electron chi connectivity index (χ1n) is 7.39. The number of rotatable bonds is 2. The van der Waals surface area contributed by atoms with Crippen molar-refractivity contribution in [2.75, 3.05) is 37.7 Å². The first-order chi connectivity index (χ1) is 10.1. The molecule has 2 fully saturated rings. The predicted molar refractivity (Wildman–Crippen MR) is 79.0 cm³/mol. The van der Waals surface area contributed by atoms with Crippen molar-refractivity contribution < 1.29 is 14.3 Å². The lowest BCUT2D eigenvalue weighted by Crippen LogP contribution is -2.44. The Morgan fingerprint density at radius 2 is 1.86 bits per heavy atom. The van der Waals surface area contributed by atoms with Gasteiger partial charge in [-0.15, -0.1) is 0 Å². The van der Waals surface area contributed by atoms with E-state index >= 15 is 0 Å². The van der Waals surface area contributed by atoms with Crippen LogP contribution in [0, 0.1) is 12.8 Å². The zero-order chi connectivity index (χ0) is 14.8. The summed E-state index contributed by atoms with van der Waals surface area (Å²) >= 11 is 0. The Balaban J connectivity index is 1.69. The number of amides is 2. The smallest absolute Gasteiger partial charge is 0.228 e. The average molecular weight is 288 g/mol. The first kappa shape index (κ1) is 14.1. The Morgan fingerprint density at radius 3 is 2.52 bits per heavy atom.